The first-order valence-corrected chi connectivity index (χ1v) is 5.26. The van der Waals surface area contributed by atoms with E-state index in [1.807, 2.05) is 19.1 Å². The maximum absolute atomic E-state index is 5.80. The van der Waals surface area contributed by atoms with Crippen molar-refractivity contribution in [2.75, 3.05) is 5.73 Å². The van der Waals surface area contributed by atoms with Gasteiger partial charge in [-0.3, -0.25) is 0 Å². The quantitative estimate of drug-likeness (QED) is 0.852. The van der Waals surface area contributed by atoms with Gasteiger partial charge in [0.1, 0.15) is 5.82 Å². The van der Waals surface area contributed by atoms with Gasteiger partial charge < -0.3 is 10.2 Å². The largest absolute Gasteiger partial charge is 0.421 e. The first kappa shape index (κ1) is 10.6. The second-order valence-electron chi connectivity index (χ2n) is 3.64. The lowest BCUT2D eigenvalue weighted by Gasteiger charge is -2.00. The summed E-state index contributed by atoms with van der Waals surface area (Å²) < 4.78 is 5.49. The summed E-state index contributed by atoms with van der Waals surface area (Å²) in [7, 11) is 0. The summed E-state index contributed by atoms with van der Waals surface area (Å²) in [6.07, 6.45) is 1.76. The van der Waals surface area contributed by atoms with Crippen LogP contribution in [0.15, 0.2) is 16.5 Å². The Morgan fingerprint density at radius 3 is 2.81 bits per heavy atom. The second-order valence-corrected chi connectivity index (χ2v) is 3.64. The maximum Gasteiger partial charge on any atom is 0.251 e. The Morgan fingerprint density at radius 2 is 2.12 bits per heavy atom. The van der Waals surface area contributed by atoms with Crippen LogP contribution in [0.3, 0.4) is 0 Å². The number of hydrogen-bond donors (Lipinski definition) is 1. The zero-order valence-corrected chi connectivity index (χ0v) is 9.40. The fourth-order valence-electron chi connectivity index (χ4n) is 1.43. The molecule has 0 amide bonds. The molecule has 0 saturated heterocycles. The summed E-state index contributed by atoms with van der Waals surface area (Å²) in [4.78, 5) is 4.16. The van der Waals surface area contributed by atoms with Crippen LogP contribution in [-0.2, 0) is 6.42 Å². The van der Waals surface area contributed by atoms with E-state index in [9.17, 15) is 0 Å². The molecule has 0 aliphatic carbocycles. The molecule has 0 atom stereocenters. The molecule has 0 unspecified atom stereocenters. The van der Waals surface area contributed by atoms with Gasteiger partial charge in [-0.2, -0.15) is 0 Å². The molecule has 5 nitrogen and oxygen atoms in total. The lowest BCUT2D eigenvalue weighted by atomic mass is 10.2. The summed E-state index contributed by atoms with van der Waals surface area (Å²) in [6.45, 7) is 3.95. The van der Waals surface area contributed by atoms with Gasteiger partial charge in [-0.25, -0.2) is 4.98 Å². The Labute approximate surface area is 93.7 Å². The molecule has 2 aromatic heterocycles. The summed E-state index contributed by atoms with van der Waals surface area (Å²) in [5, 5.41) is 7.90. The standard InChI is InChI=1S/C11H14N4O/c1-3-4-9-14-15-11(16-9)8-6-5-7(2)13-10(8)12/h5-6H,3-4H2,1-2H3,(H2,12,13). The molecule has 0 aliphatic heterocycles. The summed E-state index contributed by atoms with van der Waals surface area (Å²) >= 11 is 0. The van der Waals surface area contributed by atoms with E-state index in [0.29, 0.717) is 23.2 Å². The van der Waals surface area contributed by atoms with Gasteiger partial charge in [0.2, 0.25) is 5.89 Å². The van der Waals surface area contributed by atoms with Crippen LogP contribution >= 0.6 is 0 Å². The lowest BCUT2D eigenvalue weighted by Crippen LogP contribution is -1.95. The number of nitrogens with zero attached hydrogens (tertiary/aromatic N) is 3. The minimum absolute atomic E-state index is 0.423. The van der Waals surface area contributed by atoms with Gasteiger partial charge in [0.15, 0.2) is 0 Å². The smallest absolute Gasteiger partial charge is 0.251 e. The van der Waals surface area contributed by atoms with Gasteiger partial charge >= 0.3 is 0 Å². The van der Waals surface area contributed by atoms with Crippen LogP contribution in [0.5, 0.6) is 0 Å². The molecule has 0 aromatic carbocycles. The summed E-state index contributed by atoms with van der Waals surface area (Å²) in [5.41, 5.74) is 7.36. The van der Waals surface area contributed by atoms with E-state index in [2.05, 4.69) is 22.1 Å². The normalized spacial score (nSPS) is 10.6. The van der Waals surface area contributed by atoms with Crippen molar-refractivity contribution in [2.45, 2.75) is 26.7 Å². The fraction of sp³-hybridized carbons (Fsp3) is 0.364. The highest BCUT2D eigenvalue weighted by molar-refractivity contribution is 5.66. The molecule has 16 heavy (non-hydrogen) atoms. The molecule has 2 aromatic rings. The highest BCUT2D eigenvalue weighted by Crippen LogP contribution is 2.23. The third kappa shape index (κ3) is 2.03. The minimum Gasteiger partial charge on any atom is -0.421 e. The van der Waals surface area contributed by atoms with Crippen LogP contribution in [-0.4, -0.2) is 15.2 Å². The van der Waals surface area contributed by atoms with Crippen LogP contribution in [0.1, 0.15) is 24.9 Å². The average molecular weight is 218 g/mol. The number of nitrogens with two attached hydrogens (primary N) is 1. The van der Waals surface area contributed by atoms with E-state index >= 15 is 0 Å². The van der Waals surface area contributed by atoms with Crippen molar-refractivity contribution in [2.24, 2.45) is 0 Å². The Bertz CT molecular complexity index is 492. The maximum atomic E-state index is 5.80. The molecule has 2 N–H and O–H groups in total. The molecule has 2 rings (SSSR count). The first-order chi connectivity index (χ1) is 7.70. The second kappa shape index (κ2) is 4.30. The van der Waals surface area contributed by atoms with E-state index in [1.54, 1.807) is 0 Å². The Hall–Kier alpha value is -1.91. The van der Waals surface area contributed by atoms with Crippen molar-refractivity contribution in [3.05, 3.63) is 23.7 Å². The van der Waals surface area contributed by atoms with Gasteiger partial charge in [0.05, 0.1) is 5.56 Å². The van der Waals surface area contributed by atoms with Gasteiger partial charge in [-0.15, -0.1) is 10.2 Å². The number of nitrogen functional groups attached to an aromatic ring is 1. The monoisotopic (exact) mass is 218 g/mol. The molecule has 0 fully saturated rings. The van der Waals surface area contributed by atoms with Crippen molar-refractivity contribution in [1.29, 1.82) is 0 Å². The van der Waals surface area contributed by atoms with E-state index in [4.69, 9.17) is 10.2 Å². The number of rotatable bonds is 3. The zero-order chi connectivity index (χ0) is 11.5. The Kier molecular flexibility index (Phi) is 2.85. The number of pyridine rings is 1. The Balaban J connectivity index is 2.35. The van der Waals surface area contributed by atoms with Gasteiger partial charge in [0, 0.05) is 12.1 Å². The van der Waals surface area contributed by atoms with Crippen LogP contribution in [0.2, 0.25) is 0 Å². The minimum atomic E-state index is 0.423. The van der Waals surface area contributed by atoms with Crippen LogP contribution in [0.25, 0.3) is 11.5 Å². The first-order valence-electron chi connectivity index (χ1n) is 5.26. The summed E-state index contributed by atoms with van der Waals surface area (Å²) in [5.74, 6) is 1.50. The predicted molar refractivity (Wildman–Crippen MR) is 60.7 cm³/mol. The molecule has 0 radical (unpaired) electrons. The number of hydrogen-bond acceptors (Lipinski definition) is 5. The lowest BCUT2D eigenvalue weighted by molar-refractivity contribution is 0.502. The molecule has 0 spiro atoms. The SMILES string of the molecule is CCCc1nnc(-c2ccc(C)nc2N)o1. The molecular weight excluding hydrogens is 204 g/mol. The summed E-state index contributed by atoms with van der Waals surface area (Å²) in [6, 6.07) is 3.72. The van der Waals surface area contributed by atoms with Crippen molar-refractivity contribution in [3.8, 4) is 11.5 Å². The third-order valence-electron chi connectivity index (χ3n) is 2.23. The van der Waals surface area contributed by atoms with Crippen molar-refractivity contribution in [1.82, 2.24) is 15.2 Å². The van der Waals surface area contributed by atoms with Crippen molar-refractivity contribution in [3.63, 3.8) is 0 Å². The van der Waals surface area contributed by atoms with Gasteiger partial charge in [0.25, 0.3) is 5.89 Å². The van der Waals surface area contributed by atoms with E-state index in [-0.39, 0.29) is 0 Å². The van der Waals surface area contributed by atoms with Crippen molar-refractivity contribution < 1.29 is 4.42 Å². The number of aromatic nitrogens is 3. The van der Waals surface area contributed by atoms with E-state index < -0.39 is 0 Å². The fourth-order valence-corrected chi connectivity index (χ4v) is 1.43. The highest BCUT2D eigenvalue weighted by atomic mass is 16.4. The molecule has 0 saturated carbocycles. The Morgan fingerprint density at radius 1 is 1.31 bits per heavy atom. The van der Waals surface area contributed by atoms with Crippen LogP contribution < -0.4 is 5.73 Å². The average Bonchev–Trinajstić information content (AvgIpc) is 2.67. The van der Waals surface area contributed by atoms with Gasteiger partial charge in [-0.1, -0.05) is 6.92 Å². The molecule has 0 bridgehead atoms. The van der Waals surface area contributed by atoms with E-state index in [0.717, 1.165) is 18.5 Å². The van der Waals surface area contributed by atoms with E-state index in [1.165, 1.54) is 0 Å². The molecular formula is C11H14N4O. The number of anilines is 1. The third-order valence-corrected chi connectivity index (χ3v) is 2.23. The van der Waals surface area contributed by atoms with Crippen LogP contribution in [0.4, 0.5) is 5.82 Å². The molecule has 5 heteroatoms. The molecule has 2 heterocycles. The highest BCUT2D eigenvalue weighted by Gasteiger charge is 2.11. The zero-order valence-electron chi connectivity index (χ0n) is 9.40. The van der Waals surface area contributed by atoms with Gasteiger partial charge in [-0.05, 0) is 25.5 Å². The topological polar surface area (TPSA) is 77.8 Å². The molecule has 0 aliphatic rings. The van der Waals surface area contributed by atoms with Crippen molar-refractivity contribution >= 4 is 5.82 Å². The number of aryl methyl sites for hydroxylation is 2. The predicted octanol–water partition coefficient (Wildman–Crippen LogP) is 1.97. The molecule has 84 valence electrons. The van der Waals surface area contributed by atoms with Crippen LogP contribution in [0, 0.1) is 6.92 Å².